The molecule has 1 aliphatic rings. The molecule has 2 aromatic heterocycles. The number of carboxylic acid groups (broad SMARTS) is 1. The minimum absolute atomic E-state index is 0.331. The summed E-state index contributed by atoms with van der Waals surface area (Å²) in [6, 6.07) is 7.64. The van der Waals surface area contributed by atoms with Crippen LogP contribution in [0.25, 0.3) is 10.8 Å². The van der Waals surface area contributed by atoms with E-state index in [-0.39, 0.29) is 6.10 Å². The van der Waals surface area contributed by atoms with E-state index >= 15 is 0 Å². The van der Waals surface area contributed by atoms with Gasteiger partial charge in [0.05, 0.1) is 43.6 Å². The molecule has 1 amide bonds. The van der Waals surface area contributed by atoms with Gasteiger partial charge in [-0.15, -0.1) is 11.3 Å². The number of aromatic nitrogens is 1. The highest BCUT2D eigenvalue weighted by Crippen LogP contribution is 2.40. The first-order valence-electron chi connectivity index (χ1n) is 11.9. The minimum atomic E-state index is -1.46. The molecule has 1 aliphatic heterocycles. The number of benzene rings is 1. The predicted octanol–water partition coefficient (Wildman–Crippen LogP) is 4.13. The summed E-state index contributed by atoms with van der Waals surface area (Å²) in [6.45, 7) is 6.85. The number of nitrogens with zero attached hydrogens (tertiary/aromatic N) is 1. The number of oxazole rings is 1. The highest BCUT2D eigenvalue weighted by Gasteiger charge is 2.33. The number of ether oxygens (including phenoxy) is 3. The SMILES string of the molecule is COc1ccccc1[C@H](CNc1sc(-c2ncco2)c(C)c1C(=O)NC(C)(C)C(=O)O)OCC1COC1. The van der Waals surface area contributed by atoms with E-state index in [1.807, 2.05) is 24.3 Å². The third-order valence-electron chi connectivity index (χ3n) is 6.14. The maximum Gasteiger partial charge on any atom is 0.328 e. The molecule has 0 spiro atoms. The molecule has 1 fully saturated rings. The molecule has 0 aliphatic carbocycles. The normalized spacial score (nSPS) is 14.6. The van der Waals surface area contributed by atoms with Crippen LogP contribution >= 0.6 is 11.3 Å². The lowest BCUT2D eigenvalue weighted by molar-refractivity contribution is -0.143. The van der Waals surface area contributed by atoms with Crippen molar-refractivity contribution >= 4 is 28.2 Å². The molecular weight excluding hydrogens is 498 g/mol. The summed E-state index contributed by atoms with van der Waals surface area (Å²) in [7, 11) is 1.61. The molecule has 0 bridgehead atoms. The van der Waals surface area contributed by atoms with Gasteiger partial charge in [0, 0.05) is 18.0 Å². The summed E-state index contributed by atoms with van der Waals surface area (Å²) in [5.41, 5.74) is 0.380. The maximum absolute atomic E-state index is 13.3. The number of carbonyl (C=O) groups is 2. The summed E-state index contributed by atoms with van der Waals surface area (Å²) in [4.78, 5) is 29.9. The Balaban J connectivity index is 1.64. The average molecular weight is 530 g/mol. The third-order valence-corrected chi connectivity index (χ3v) is 7.37. The molecule has 1 aromatic carbocycles. The summed E-state index contributed by atoms with van der Waals surface area (Å²) < 4.78 is 22.6. The van der Waals surface area contributed by atoms with Crippen molar-refractivity contribution in [3.05, 3.63) is 53.4 Å². The Morgan fingerprint density at radius 1 is 1.30 bits per heavy atom. The molecule has 198 valence electrons. The summed E-state index contributed by atoms with van der Waals surface area (Å²) in [5, 5.41) is 16.1. The van der Waals surface area contributed by atoms with Crippen molar-refractivity contribution in [3.63, 3.8) is 0 Å². The number of nitrogens with one attached hydrogen (secondary N) is 2. The number of anilines is 1. The Hall–Kier alpha value is -3.41. The topological polar surface area (TPSA) is 132 Å². The van der Waals surface area contributed by atoms with Crippen LogP contribution in [0.1, 0.15) is 41.4 Å². The van der Waals surface area contributed by atoms with Crippen molar-refractivity contribution in [2.75, 3.05) is 38.8 Å². The number of rotatable bonds is 12. The zero-order valence-electron chi connectivity index (χ0n) is 21.2. The number of methoxy groups -OCH3 is 1. The lowest BCUT2D eigenvalue weighted by atomic mass is 10.0. The quantitative estimate of drug-likeness (QED) is 0.317. The van der Waals surface area contributed by atoms with Gasteiger partial charge in [0.25, 0.3) is 5.91 Å². The molecule has 1 saturated heterocycles. The molecule has 10 nitrogen and oxygen atoms in total. The van der Waals surface area contributed by atoms with E-state index in [1.54, 1.807) is 14.0 Å². The van der Waals surface area contributed by atoms with Gasteiger partial charge in [0.1, 0.15) is 28.7 Å². The van der Waals surface area contributed by atoms with E-state index in [9.17, 15) is 14.7 Å². The molecular formula is C26H31N3O7S. The molecule has 0 saturated carbocycles. The minimum Gasteiger partial charge on any atom is -0.496 e. The Morgan fingerprint density at radius 3 is 2.68 bits per heavy atom. The molecule has 3 heterocycles. The van der Waals surface area contributed by atoms with Crippen LogP contribution in [0.4, 0.5) is 5.00 Å². The molecule has 11 heteroatoms. The number of aliphatic carboxylic acids is 1. The molecule has 37 heavy (non-hydrogen) atoms. The highest BCUT2D eigenvalue weighted by molar-refractivity contribution is 7.20. The first-order valence-corrected chi connectivity index (χ1v) is 12.7. The van der Waals surface area contributed by atoms with Crippen LogP contribution in [0.2, 0.25) is 0 Å². The molecule has 3 N–H and O–H groups in total. The largest absolute Gasteiger partial charge is 0.496 e. The van der Waals surface area contributed by atoms with E-state index in [1.165, 1.54) is 37.6 Å². The lowest BCUT2D eigenvalue weighted by Crippen LogP contribution is -2.49. The maximum atomic E-state index is 13.3. The number of hydrogen-bond donors (Lipinski definition) is 3. The number of para-hydroxylation sites is 1. The standard InChI is InChI=1S/C26H31N3O7S/c1-15-20(22(30)29-26(2,3)25(31)32)24(37-21(15)23-27-9-10-35-23)28-11-19(36-14-16-12-34-13-16)17-7-5-6-8-18(17)33-4/h5-10,16,19,28H,11-14H2,1-4H3,(H,29,30)(H,31,32)/t19-/m0/s1. The molecule has 0 radical (unpaired) electrons. The first-order chi connectivity index (χ1) is 17.7. The number of carboxylic acids is 1. The Bertz CT molecular complexity index is 1240. The summed E-state index contributed by atoms with van der Waals surface area (Å²) >= 11 is 1.31. The van der Waals surface area contributed by atoms with Gasteiger partial charge in [-0.3, -0.25) is 4.79 Å². The summed E-state index contributed by atoms with van der Waals surface area (Å²) in [5.74, 6) is -0.242. The van der Waals surface area contributed by atoms with E-state index < -0.39 is 17.4 Å². The average Bonchev–Trinajstić information content (AvgIpc) is 3.47. The van der Waals surface area contributed by atoms with Crippen molar-refractivity contribution in [1.29, 1.82) is 0 Å². The van der Waals surface area contributed by atoms with Crippen LogP contribution in [0, 0.1) is 12.8 Å². The lowest BCUT2D eigenvalue weighted by Gasteiger charge is -2.29. The van der Waals surface area contributed by atoms with Crippen molar-refractivity contribution < 1.29 is 33.3 Å². The monoisotopic (exact) mass is 529 g/mol. The number of amides is 1. The van der Waals surface area contributed by atoms with Gasteiger partial charge in [-0.2, -0.15) is 0 Å². The second-order valence-electron chi connectivity index (χ2n) is 9.33. The van der Waals surface area contributed by atoms with Gasteiger partial charge >= 0.3 is 5.97 Å². The van der Waals surface area contributed by atoms with Crippen molar-refractivity contribution in [3.8, 4) is 16.5 Å². The fraction of sp³-hybridized carbons (Fsp3) is 0.423. The number of hydrogen-bond acceptors (Lipinski definition) is 9. The molecule has 3 aromatic rings. The Labute approximate surface area is 218 Å². The van der Waals surface area contributed by atoms with Gasteiger partial charge in [-0.25, -0.2) is 9.78 Å². The zero-order chi connectivity index (χ0) is 26.6. The van der Waals surface area contributed by atoms with Crippen LogP contribution < -0.4 is 15.4 Å². The Morgan fingerprint density at radius 2 is 2.05 bits per heavy atom. The smallest absolute Gasteiger partial charge is 0.328 e. The second-order valence-corrected chi connectivity index (χ2v) is 10.4. The van der Waals surface area contributed by atoms with Crippen LogP contribution in [0.5, 0.6) is 5.75 Å². The van der Waals surface area contributed by atoms with Crippen LogP contribution in [0.15, 0.2) is 41.1 Å². The van der Waals surface area contributed by atoms with Crippen molar-refractivity contribution in [2.45, 2.75) is 32.4 Å². The van der Waals surface area contributed by atoms with E-state index in [2.05, 4.69) is 15.6 Å². The Kier molecular flexibility index (Phi) is 8.16. The molecule has 4 rings (SSSR count). The fourth-order valence-electron chi connectivity index (χ4n) is 3.86. The fourth-order valence-corrected chi connectivity index (χ4v) is 5.01. The van der Waals surface area contributed by atoms with Crippen LogP contribution in [-0.4, -0.2) is 61.0 Å². The van der Waals surface area contributed by atoms with Crippen LogP contribution in [0.3, 0.4) is 0 Å². The molecule has 1 atom stereocenters. The van der Waals surface area contributed by atoms with Gasteiger partial charge < -0.3 is 34.4 Å². The highest BCUT2D eigenvalue weighted by atomic mass is 32.1. The predicted molar refractivity (Wildman–Crippen MR) is 138 cm³/mol. The summed E-state index contributed by atoms with van der Waals surface area (Å²) in [6.07, 6.45) is 2.62. The first kappa shape index (κ1) is 26.6. The van der Waals surface area contributed by atoms with Crippen LogP contribution in [-0.2, 0) is 14.3 Å². The van der Waals surface area contributed by atoms with E-state index in [0.717, 1.165) is 5.56 Å². The van der Waals surface area contributed by atoms with Crippen molar-refractivity contribution in [1.82, 2.24) is 10.3 Å². The number of thiophene rings is 1. The van der Waals surface area contributed by atoms with Gasteiger partial charge in [0.15, 0.2) is 0 Å². The number of carbonyl (C=O) groups excluding carboxylic acids is 1. The molecule has 0 unspecified atom stereocenters. The van der Waals surface area contributed by atoms with Gasteiger partial charge in [-0.1, -0.05) is 18.2 Å². The van der Waals surface area contributed by atoms with Gasteiger partial charge in [0.2, 0.25) is 5.89 Å². The van der Waals surface area contributed by atoms with Gasteiger partial charge in [-0.05, 0) is 32.4 Å². The zero-order valence-corrected chi connectivity index (χ0v) is 22.0. The second kappa shape index (κ2) is 11.3. The third kappa shape index (κ3) is 5.95. The van der Waals surface area contributed by atoms with E-state index in [0.29, 0.717) is 64.9 Å². The van der Waals surface area contributed by atoms with E-state index in [4.69, 9.17) is 18.6 Å². The van der Waals surface area contributed by atoms with Crippen molar-refractivity contribution in [2.24, 2.45) is 5.92 Å².